The minimum atomic E-state index is -0.326. The molecule has 1 aromatic heterocycles. The van der Waals surface area contributed by atoms with Crippen molar-refractivity contribution in [3.63, 3.8) is 0 Å². The number of rotatable bonds is 5. The van der Waals surface area contributed by atoms with Gasteiger partial charge >= 0.3 is 5.97 Å². The van der Waals surface area contributed by atoms with Gasteiger partial charge in [0, 0.05) is 10.5 Å². The van der Waals surface area contributed by atoms with Crippen LogP contribution in [0.4, 0.5) is 5.00 Å². The van der Waals surface area contributed by atoms with Gasteiger partial charge < -0.3 is 10.1 Å². The highest BCUT2D eigenvalue weighted by Crippen LogP contribution is 2.30. The van der Waals surface area contributed by atoms with Gasteiger partial charge in [0.15, 0.2) is 0 Å². The van der Waals surface area contributed by atoms with Crippen LogP contribution in [0.5, 0.6) is 0 Å². The van der Waals surface area contributed by atoms with Crippen molar-refractivity contribution in [3.8, 4) is 0 Å². The van der Waals surface area contributed by atoms with Crippen molar-refractivity contribution in [2.24, 2.45) is 0 Å². The van der Waals surface area contributed by atoms with Crippen LogP contribution in [0.1, 0.15) is 41.5 Å². The van der Waals surface area contributed by atoms with Crippen molar-refractivity contribution >= 4 is 38.4 Å². The molecule has 0 saturated carbocycles. The van der Waals surface area contributed by atoms with Crippen LogP contribution in [0.15, 0.2) is 28.7 Å². The molecular formula is C15H17BrN2O2S. The summed E-state index contributed by atoms with van der Waals surface area (Å²) in [7, 11) is 0. The molecule has 2 rings (SSSR count). The maximum absolute atomic E-state index is 12.0. The summed E-state index contributed by atoms with van der Waals surface area (Å²) in [6.07, 6.45) is 0. The average molecular weight is 369 g/mol. The number of aromatic nitrogens is 1. The molecule has 2 aromatic rings. The summed E-state index contributed by atoms with van der Waals surface area (Å²) in [5, 5.41) is 4.10. The molecule has 0 amide bonds. The molecule has 1 N–H and O–H groups in total. The van der Waals surface area contributed by atoms with Gasteiger partial charge in [-0.05, 0) is 50.0 Å². The molecule has 21 heavy (non-hydrogen) atoms. The van der Waals surface area contributed by atoms with Gasteiger partial charge in [0.05, 0.1) is 12.3 Å². The van der Waals surface area contributed by atoms with E-state index in [1.165, 1.54) is 11.5 Å². The van der Waals surface area contributed by atoms with E-state index in [0.29, 0.717) is 17.9 Å². The number of halogens is 1. The Kier molecular flexibility index (Phi) is 5.36. The Labute approximate surface area is 136 Å². The van der Waals surface area contributed by atoms with Gasteiger partial charge in [-0.15, -0.1) is 0 Å². The van der Waals surface area contributed by atoms with Crippen molar-refractivity contribution in [3.05, 3.63) is 45.6 Å². The minimum absolute atomic E-state index is 0.0653. The predicted molar refractivity (Wildman–Crippen MR) is 89.0 cm³/mol. The SMILES string of the molecule is CCOC(=O)c1c(C)nsc1NC(C)c1cccc(Br)c1. The molecule has 1 heterocycles. The number of esters is 1. The third-order valence-electron chi connectivity index (χ3n) is 3.04. The maximum Gasteiger partial charge on any atom is 0.343 e. The molecule has 0 aliphatic heterocycles. The lowest BCUT2D eigenvalue weighted by Gasteiger charge is -2.15. The van der Waals surface area contributed by atoms with Crippen LogP contribution in [0, 0.1) is 6.92 Å². The van der Waals surface area contributed by atoms with E-state index in [1.807, 2.05) is 32.0 Å². The molecule has 112 valence electrons. The van der Waals surface area contributed by atoms with Gasteiger partial charge in [-0.2, -0.15) is 4.37 Å². The van der Waals surface area contributed by atoms with E-state index in [-0.39, 0.29) is 12.0 Å². The minimum Gasteiger partial charge on any atom is -0.462 e. The van der Waals surface area contributed by atoms with Crippen LogP contribution >= 0.6 is 27.5 Å². The quantitative estimate of drug-likeness (QED) is 0.785. The Morgan fingerprint density at radius 1 is 1.52 bits per heavy atom. The van der Waals surface area contributed by atoms with Gasteiger partial charge in [-0.25, -0.2) is 4.79 Å². The van der Waals surface area contributed by atoms with E-state index in [2.05, 4.69) is 31.7 Å². The first-order valence-electron chi connectivity index (χ1n) is 6.68. The molecule has 0 aliphatic rings. The van der Waals surface area contributed by atoms with Crippen molar-refractivity contribution in [2.45, 2.75) is 26.8 Å². The van der Waals surface area contributed by atoms with Gasteiger partial charge in [-0.1, -0.05) is 28.1 Å². The number of carbonyl (C=O) groups is 1. The third-order valence-corrected chi connectivity index (χ3v) is 4.40. The molecular weight excluding hydrogens is 352 g/mol. The monoisotopic (exact) mass is 368 g/mol. The fraction of sp³-hybridized carbons (Fsp3) is 0.333. The molecule has 0 spiro atoms. The highest BCUT2D eigenvalue weighted by atomic mass is 79.9. The van der Waals surface area contributed by atoms with Crippen molar-refractivity contribution < 1.29 is 9.53 Å². The second-order valence-corrected chi connectivity index (χ2v) is 6.30. The van der Waals surface area contributed by atoms with Crippen LogP contribution in [0.2, 0.25) is 0 Å². The molecule has 6 heteroatoms. The maximum atomic E-state index is 12.0. The number of hydrogen-bond donors (Lipinski definition) is 1. The fourth-order valence-corrected chi connectivity index (χ4v) is 3.26. The first-order chi connectivity index (χ1) is 10.0. The van der Waals surface area contributed by atoms with Crippen molar-refractivity contribution in [2.75, 3.05) is 11.9 Å². The molecule has 0 aliphatic carbocycles. The lowest BCUT2D eigenvalue weighted by Crippen LogP contribution is -2.11. The second-order valence-electron chi connectivity index (χ2n) is 4.61. The van der Waals surface area contributed by atoms with E-state index in [9.17, 15) is 4.79 Å². The Balaban J connectivity index is 2.22. The number of hydrogen-bond acceptors (Lipinski definition) is 5. The molecule has 0 fully saturated rings. The van der Waals surface area contributed by atoms with E-state index in [4.69, 9.17) is 4.74 Å². The van der Waals surface area contributed by atoms with Crippen LogP contribution in [0.3, 0.4) is 0 Å². The van der Waals surface area contributed by atoms with Crippen LogP contribution in [0.25, 0.3) is 0 Å². The zero-order chi connectivity index (χ0) is 15.4. The Morgan fingerprint density at radius 2 is 2.29 bits per heavy atom. The van der Waals surface area contributed by atoms with E-state index >= 15 is 0 Å². The first-order valence-corrected chi connectivity index (χ1v) is 8.25. The van der Waals surface area contributed by atoms with Gasteiger partial charge in [-0.3, -0.25) is 0 Å². The number of aryl methyl sites for hydroxylation is 1. The molecule has 0 bridgehead atoms. The van der Waals surface area contributed by atoms with Gasteiger partial charge in [0.1, 0.15) is 10.6 Å². The first kappa shape index (κ1) is 16.0. The number of benzene rings is 1. The van der Waals surface area contributed by atoms with Gasteiger partial charge in [0.25, 0.3) is 0 Å². The summed E-state index contributed by atoms with van der Waals surface area (Å²) in [4.78, 5) is 12.0. The van der Waals surface area contributed by atoms with Gasteiger partial charge in [0.2, 0.25) is 0 Å². The standard InChI is InChI=1S/C15H17BrN2O2S/c1-4-20-15(19)13-10(3)18-21-14(13)17-9(2)11-6-5-7-12(16)8-11/h5-9,17H,4H2,1-3H3. The Bertz CT molecular complexity index is 642. The van der Waals surface area contributed by atoms with Crippen LogP contribution in [-0.2, 0) is 4.74 Å². The molecule has 1 atom stereocenters. The number of ether oxygens (including phenoxy) is 1. The predicted octanol–water partition coefficient (Wildman–Crippen LogP) is 4.56. The largest absolute Gasteiger partial charge is 0.462 e. The summed E-state index contributed by atoms with van der Waals surface area (Å²) in [6.45, 7) is 6.02. The molecule has 1 unspecified atom stereocenters. The second kappa shape index (κ2) is 7.04. The number of nitrogens with zero attached hydrogens (tertiary/aromatic N) is 1. The zero-order valence-corrected chi connectivity index (χ0v) is 14.5. The van der Waals surface area contributed by atoms with Crippen LogP contribution in [-0.4, -0.2) is 16.9 Å². The molecule has 0 saturated heterocycles. The Hall–Kier alpha value is -1.40. The van der Waals surface area contributed by atoms with Crippen LogP contribution < -0.4 is 5.32 Å². The summed E-state index contributed by atoms with van der Waals surface area (Å²) >= 11 is 4.75. The number of nitrogens with one attached hydrogen (secondary N) is 1. The molecule has 1 aromatic carbocycles. The normalized spacial score (nSPS) is 12.0. The number of carbonyl (C=O) groups excluding carboxylic acids is 1. The van der Waals surface area contributed by atoms with E-state index in [1.54, 1.807) is 6.92 Å². The summed E-state index contributed by atoms with van der Waals surface area (Å²) < 4.78 is 10.4. The average Bonchev–Trinajstić information content (AvgIpc) is 2.80. The highest BCUT2D eigenvalue weighted by Gasteiger charge is 2.21. The summed E-state index contributed by atoms with van der Waals surface area (Å²) in [5.41, 5.74) is 2.36. The summed E-state index contributed by atoms with van der Waals surface area (Å²) in [6, 6.07) is 8.13. The third kappa shape index (κ3) is 3.83. The number of anilines is 1. The fourth-order valence-electron chi connectivity index (χ4n) is 1.97. The highest BCUT2D eigenvalue weighted by molar-refractivity contribution is 9.10. The van der Waals surface area contributed by atoms with Crippen molar-refractivity contribution in [1.82, 2.24) is 4.37 Å². The molecule has 4 nitrogen and oxygen atoms in total. The van der Waals surface area contributed by atoms with Crippen molar-refractivity contribution in [1.29, 1.82) is 0 Å². The van der Waals surface area contributed by atoms with E-state index in [0.717, 1.165) is 15.0 Å². The lowest BCUT2D eigenvalue weighted by molar-refractivity contribution is 0.0527. The zero-order valence-electron chi connectivity index (χ0n) is 12.1. The summed E-state index contributed by atoms with van der Waals surface area (Å²) in [5.74, 6) is -0.326. The van der Waals surface area contributed by atoms with E-state index < -0.39 is 0 Å². The lowest BCUT2D eigenvalue weighted by atomic mass is 10.1. The smallest absolute Gasteiger partial charge is 0.343 e. The topological polar surface area (TPSA) is 51.2 Å². The Morgan fingerprint density at radius 3 is 2.95 bits per heavy atom. The molecule has 0 radical (unpaired) electrons.